The predicted molar refractivity (Wildman–Crippen MR) is 77.8 cm³/mol. The Morgan fingerprint density at radius 2 is 2.15 bits per heavy atom. The van der Waals surface area contributed by atoms with Crippen molar-refractivity contribution in [1.29, 1.82) is 0 Å². The van der Waals surface area contributed by atoms with Crippen molar-refractivity contribution in [2.75, 3.05) is 26.0 Å². The first-order chi connectivity index (χ1) is 9.69. The van der Waals surface area contributed by atoms with Crippen LogP contribution in [0.4, 0.5) is 5.69 Å². The van der Waals surface area contributed by atoms with Gasteiger partial charge in [0.1, 0.15) is 0 Å². The first kappa shape index (κ1) is 14.7. The number of benzene rings is 1. The molecule has 5 heteroatoms. The van der Waals surface area contributed by atoms with Crippen LogP contribution >= 0.6 is 0 Å². The highest BCUT2D eigenvalue weighted by atomic mass is 16.5. The molecule has 0 bridgehead atoms. The maximum absolute atomic E-state index is 12.7. The standard InChI is InChI=1S/C15H22N2O3/c1-20-14-12(7-4-8-13(14)16)15(19)17(9-10-18)11-5-2-3-6-11/h4,7-8,11,18H,2-3,5-6,9-10,16H2,1H3. The van der Waals surface area contributed by atoms with Gasteiger partial charge in [-0.25, -0.2) is 0 Å². The molecule has 1 aromatic rings. The summed E-state index contributed by atoms with van der Waals surface area (Å²) in [6.45, 7) is 0.314. The number of nitrogens with two attached hydrogens (primary N) is 1. The fraction of sp³-hybridized carbons (Fsp3) is 0.533. The van der Waals surface area contributed by atoms with E-state index in [1.54, 1.807) is 23.1 Å². The van der Waals surface area contributed by atoms with Crippen molar-refractivity contribution >= 4 is 11.6 Å². The Balaban J connectivity index is 2.29. The number of methoxy groups -OCH3 is 1. The van der Waals surface area contributed by atoms with Crippen LogP contribution in [0.1, 0.15) is 36.0 Å². The Labute approximate surface area is 119 Å². The molecule has 1 saturated carbocycles. The molecule has 0 unspecified atom stereocenters. The van der Waals surface area contributed by atoms with Crippen molar-refractivity contribution in [1.82, 2.24) is 4.90 Å². The molecule has 5 nitrogen and oxygen atoms in total. The molecule has 0 aliphatic heterocycles. The fourth-order valence-corrected chi connectivity index (χ4v) is 2.88. The molecule has 20 heavy (non-hydrogen) atoms. The van der Waals surface area contributed by atoms with E-state index >= 15 is 0 Å². The predicted octanol–water partition coefficient (Wildman–Crippen LogP) is 1.65. The lowest BCUT2D eigenvalue weighted by molar-refractivity contribution is 0.0635. The van der Waals surface area contributed by atoms with Crippen LogP contribution in [0, 0.1) is 0 Å². The van der Waals surface area contributed by atoms with Crippen molar-refractivity contribution in [2.45, 2.75) is 31.7 Å². The minimum Gasteiger partial charge on any atom is -0.494 e. The third-order valence-corrected chi connectivity index (χ3v) is 3.85. The van der Waals surface area contributed by atoms with Gasteiger partial charge in [-0.1, -0.05) is 18.9 Å². The van der Waals surface area contributed by atoms with Crippen LogP contribution in [0.25, 0.3) is 0 Å². The summed E-state index contributed by atoms with van der Waals surface area (Å²) in [7, 11) is 1.51. The fourth-order valence-electron chi connectivity index (χ4n) is 2.88. The Kier molecular flexibility index (Phi) is 4.84. The molecule has 1 aliphatic carbocycles. The van der Waals surface area contributed by atoms with Gasteiger partial charge in [0.15, 0.2) is 5.75 Å². The Morgan fingerprint density at radius 1 is 1.45 bits per heavy atom. The summed E-state index contributed by atoms with van der Waals surface area (Å²) in [5.74, 6) is 0.300. The summed E-state index contributed by atoms with van der Waals surface area (Å²) in [5.41, 5.74) is 6.77. The molecule has 0 atom stereocenters. The molecular weight excluding hydrogens is 256 g/mol. The zero-order valence-corrected chi connectivity index (χ0v) is 11.8. The number of para-hydroxylation sites is 1. The smallest absolute Gasteiger partial charge is 0.258 e. The summed E-state index contributed by atoms with van der Waals surface area (Å²) >= 11 is 0. The van der Waals surface area contributed by atoms with Crippen LogP contribution in [0.2, 0.25) is 0 Å². The van der Waals surface area contributed by atoms with E-state index in [0.717, 1.165) is 25.7 Å². The zero-order valence-electron chi connectivity index (χ0n) is 11.8. The van der Waals surface area contributed by atoms with E-state index in [0.29, 0.717) is 23.5 Å². The Morgan fingerprint density at radius 3 is 2.75 bits per heavy atom. The minimum absolute atomic E-state index is 0.0349. The van der Waals surface area contributed by atoms with Crippen LogP contribution in [-0.2, 0) is 0 Å². The molecule has 0 aromatic heterocycles. The van der Waals surface area contributed by atoms with Crippen LogP contribution in [-0.4, -0.2) is 42.2 Å². The lowest BCUT2D eigenvalue weighted by Gasteiger charge is -2.29. The largest absolute Gasteiger partial charge is 0.494 e. The van der Waals surface area contributed by atoms with Gasteiger partial charge in [0.25, 0.3) is 5.91 Å². The molecule has 1 amide bonds. The number of carbonyl (C=O) groups is 1. The number of ether oxygens (including phenoxy) is 1. The monoisotopic (exact) mass is 278 g/mol. The highest BCUT2D eigenvalue weighted by Crippen LogP contribution is 2.30. The van der Waals surface area contributed by atoms with Gasteiger partial charge in [-0.15, -0.1) is 0 Å². The molecule has 1 aromatic carbocycles. The van der Waals surface area contributed by atoms with Gasteiger partial charge in [0.05, 0.1) is 25.0 Å². The lowest BCUT2D eigenvalue weighted by atomic mass is 10.1. The van der Waals surface area contributed by atoms with E-state index < -0.39 is 0 Å². The van der Waals surface area contributed by atoms with E-state index in [2.05, 4.69) is 0 Å². The summed E-state index contributed by atoms with van der Waals surface area (Å²) < 4.78 is 5.25. The maximum atomic E-state index is 12.7. The van der Waals surface area contributed by atoms with E-state index in [1.165, 1.54) is 7.11 Å². The summed E-state index contributed by atoms with van der Waals surface area (Å²) in [6, 6.07) is 5.38. The molecule has 0 saturated heterocycles. The lowest BCUT2D eigenvalue weighted by Crippen LogP contribution is -2.40. The van der Waals surface area contributed by atoms with E-state index in [4.69, 9.17) is 10.5 Å². The van der Waals surface area contributed by atoms with Crippen LogP contribution < -0.4 is 10.5 Å². The number of aliphatic hydroxyl groups excluding tert-OH is 1. The van der Waals surface area contributed by atoms with Gasteiger partial charge in [0.2, 0.25) is 0 Å². The van der Waals surface area contributed by atoms with Gasteiger partial charge in [0, 0.05) is 12.6 Å². The maximum Gasteiger partial charge on any atom is 0.258 e. The highest BCUT2D eigenvalue weighted by molar-refractivity contribution is 5.98. The van der Waals surface area contributed by atoms with Gasteiger partial charge in [-0.3, -0.25) is 4.79 Å². The zero-order chi connectivity index (χ0) is 14.5. The summed E-state index contributed by atoms with van der Waals surface area (Å²) in [6.07, 6.45) is 4.26. The third-order valence-electron chi connectivity index (χ3n) is 3.85. The van der Waals surface area contributed by atoms with E-state index in [-0.39, 0.29) is 18.6 Å². The van der Waals surface area contributed by atoms with E-state index in [1.807, 2.05) is 0 Å². The van der Waals surface area contributed by atoms with Gasteiger partial charge >= 0.3 is 0 Å². The first-order valence-corrected chi connectivity index (χ1v) is 7.03. The van der Waals surface area contributed by atoms with Gasteiger partial charge in [-0.05, 0) is 25.0 Å². The average Bonchev–Trinajstić information content (AvgIpc) is 2.97. The van der Waals surface area contributed by atoms with Crippen molar-refractivity contribution in [2.24, 2.45) is 0 Å². The number of anilines is 1. The molecule has 1 fully saturated rings. The van der Waals surface area contributed by atoms with E-state index in [9.17, 15) is 9.90 Å². The first-order valence-electron chi connectivity index (χ1n) is 7.03. The third kappa shape index (κ3) is 2.88. The molecule has 2 rings (SSSR count). The molecule has 3 N–H and O–H groups in total. The number of rotatable bonds is 5. The van der Waals surface area contributed by atoms with Crippen molar-refractivity contribution in [3.05, 3.63) is 23.8 Å². The molecule has 0 spiro atoms. The molecular formula is C15H22N2O3. The van der Waals surface area contributed by atoms with Crippen molar-refractivity contribution in [3.63, 3.8) is 0 Å². The Hall–Kier alpha value is -1.75. The average molecular weight is 278 g/mol. The number of nitrogen functional groups attached to an aromatic ring is 1. The molecule has 1 aliphatic rings. The van der Waals surface area contributed by atoms with Crippen molar-refractivity contribution in [3.8, 4) is 5.75 Å². The number of amides is 1. The SMILES string of the molecule is COc1c(N)cccc1C(=O)N(CCO)C1CCCC1. The van der Waals surface area contributed by atoms with Crippen LogP contribution in [0.5, 0.6) is 5.75 Å². The summed E-state index contributed by atoms with van der Waals surface area (Å²) in [5, 5.41) is 9.22. The number of nitrogens with zero attached hydrogens (tertiary/aromatic N) is 1. The second-order valence-corrected chi connectivity index (χ2v) is 5.09. The topological polar surface area (TPSA) is 75.8 Å². The Bertz CT molecular complexity index is 470. The van der Waals surface area contributed by atoms with Crippen LogP contribution in [0.3, 0.4) is 0 Å². The number of carbonyl (C=O) groups excluding carboxylic acids is 1. The van der Waals surface area contributed by atoms with Crippen LogP contribution in [0.15, 0.2) is 18.2 Å². The molecule has 0 heterocycles. The number of aliphatic hydroxyl groups is 1. The van der Waals surface area contributed by atoms with Gasteiger partial charge in [-0.2, -0.15) is 0 Å². The number of hydrogen-bond acceptors (Lipinski definition) is 4. The molecule has 110 valence electrons. The van der Waals surface area contributed by atoms with Crippen molar-refractivity contribution < 1.29 is 14.6 Å². The highest BCUT2D eigenvalue weighted by Gasteiger charge is 2.28. The molecule has 0 radical (unpaired) electrons. The summed E-state index contributed by atoms with van der Waals surface area (Å²) in [4.78, 5) is 14.5. The quantitative estimate of drug-likeness (QED) is 0.803. The van der Waals surface area contributed by atoms with Gasteiger partial charge < -0.3 is 20.5 Å². The minimum atomic E-state index is -0.116. The second-order valence-electron chi connectivity index (χ2n) is 5.09. The second kappa shape index (κ2) is 6.61. The normalized spacial score (nSPS) is 15.3. The number of hydrogen-bond donors (Lipinski definition) is 2.